The lowest BCUT2D eigenvalue weighted by molar-refractivity contribution is 0.0690. The summed E-state index contributed by atoms with van der Waals surface area (Å²) in [5, 5.41) is 9.00. The van der Waals surface area contributed by atoms with E-state index in [9.17, 15) is 4.79 Å². The molecular formula is C8H5Cl2NO2. The number of carboxylic acids is 1. The number of halogens is 2. The Kier molecular flexibility index (Phi) is 2.90. The second-order valence-electron chi connectivity index (χ2n) is 2.20. The van der Waals surface area contributed by atoms with Crippen LogP contribution in [0.1, 0.15) is 16.1 Å². The first-order valence-electron chi connectivity index (χ1n) is 3.28. The molecule has 0 aliphatic carbocycles. The van der Waals surface area contributed by atoms with E-state index in [0.29, 0.717) is 0 Å². The molecule has 1 aromatic heterocycles. The molecule has 68 valence electrons. The van der Waals surface area contributed by atoms with Crippen molar-refractivity contribution >= 4 is 35.2 Å². The molecule has 0 aromatic carbocycles. The van der Waals surface area contributed by atoms with E-state index in [0.717, 1.165) is 0 Å². The van der Waals surface area contributed by atoms with E-state index >= 15 is 0 Å². The van der Waals surface area contributed by atoms with E-state index in [-0.39, 0.29) is 21.4 Å². The third kappa shape index (κ3) is 1.99. The number of carbonyl (C=O) groups is 1. The van der Waals surface area contributed by atoms with Crippen LogP contribution < -0.4 is 0 Å². The summed E-state index contributed by atoms with van der Waals surface area (Å²) in [5.41, 5.74) is 0.0890. The molecule has 0 saturated heterocycles. The van der Waals surface area contributed by atoms with Gasteiger partial charge in [0.05, 0.1) is 5.02 Å². The molecule has 3 nitrogen and oxygen atoms in total. The summed E-state index contributed by atoms with van der Waals surface area (Å²) in [7, 11) is 0. The van der Waals surface area contributed by atoms with Gasteiger partial charge in [-0.3, -0.25) is 0 Å². The van der Waals surface area contributed by atoms with E-state index in [4.69, 9.17) is 28.3 Å². The molecule has 1 N–H and O–H groups in total. The number of pyridine rings is 1. The molecule has 1 rings (SSSR count). The fraction of sp³-hybridized carbons (Fsp3) is 0. The molecule has 0 unspecified atom stereocenters. The maximum absolute atomic E-state index is 10.7. The molecule has 0 aliphatic rings. The lowest BCUT2D eigenvalue weighted by atomic mass is 10.2. The van der Waals surface area contributed by atoms with E-state index in [2.05, 4.69) is 11.6 Å². The van der Waals surface area contributed by atoms with Crippen molar-refractivity contribution in [3.63, 3.8) is 0 Å². The predicted molar refractivity (Wildman–Crippen MR) is 51.3 cm³/mol. The summed E-state index contributed by atoms with van der Waals surface area (Å²) in [6.07, 6.45) is 1.33. The minimum absolute atomic E-state index is 0.0491. The van der Waals surface area contributed by atoms with Gasteiger partial charge in [-0.15, -0.1) is 0 Å². The summed E-state index contributed by atoms with van der Waals surface area (Å²) in [6.45, 7) is 3.43. The van der Waals surface area contributed by atoms with Gasteiger partial charge >= 0.3 is 5.97 Å². The first-order valence-corrected chi connectivity index (χ1v) is 4.03. The number of aromatic nitrogens is 1. The number of aromatic carboxylic acids is 1. The highest BCUT2D eigenvalue weighted by atomic mass is 35.5. The Hall–Kier alpha value is -1.06. The summed E-state index contributed by atoms with van der Waals surface area (Å²) >= 11 is 11.2. The highest BCUT2D eigenvalue weighted by Gasteiger charge is 2.13. The van der Waals surface area contributed by atoms with Crippen LogP contribution in [-0.2, 0) is 0 Å². The minimum atomic E-state index is -1.18. The Balaban J connectivity index is 3.46. The maximum Gasteiger partial charge on any atom is 0.355 e. The van der Waals surface area contributed by atoms with E-state index in [1.165, 1.54) is 12.1 Å². The Morgan fingerprint density at radius 1 is 1.62 bits per heavy atom. The van der Waals surface area contributed by atoms with Crippen molar-refractivity contribution in [3.8, 4) is 0 Å². The Labute approximate surface area is 84.6 Å². The normalized spacial score (nSPS) is 9.69. The zero-order valence-electron chi connectivity index (χ0n) is 6.42. The summed E-state index contributed by atoms with van der Waals surface area (Å²) in [6, 6.07) is 1.37. The smallest absolute Gasteiger partial charge is 0.355 e. The van der Waals surface area contributed by atoms with Gasteiger partial charge in [0.25, 0.3) is 0 Å². The van der Waals surface area contributed by atoms with Gasteiger partial charge in [-0.2, -0.15) is 0 Å². The Bertz CT molecular complexity index is 377. The van der Waals surface area contributed by atoms with Crippen molar-refractivity contribution < 1.29 is 9.90 Å². The molecule has 13 heavy (non-hydrogen) atoms. The fourth-order valence-electron chi connectivity index (χ4n) is 0.852. The standard InChI is InChI=1S/C8H5Cl2NO2/c1-2-4-5(9)3-6(10)11-7(4)8(12)13/h2-3H,1H2,(H,12,13). The zero-order valence-corrected chi connectivity index (χ0v) is 7.93. The average molecular weight is 218 g/mol. The van der Waals surface area contributed by atoms with Gasteiger partial charge in [-0.25, -0.2) is 9.78 Å². The van der Waals surface area contributed by atoms with E-state index in [1.54, 1.807) is 0 Å². The molecule has 1 heterocycles. The molecule has 0 spiro atoms. The van der Waals surface area contributed by atoms with Gasteiger partial charge in [0, 0.05) is 5.56 Å². The average Bonchev–Trinajstić information content (AvgIpc) is 2.02. The van der Waals surface area contributed by atoms with Crippen LogP contribution in [0.2, 0.25) is 10.2 Å². The topological polar surface area (TPSA) is 50.2 Å². The highest BCUT2D eigenvalue weighted by molar-refractivity contribution is 6.35. The maximum atomic E-state index is 10.7. The van der Waals surface area contributed by atoms with Crippen molar-refractivity contribution in [1.29, 1.82) is 0 Å². The van der Waals surface area contributed by atoms with E-state index in [1.807, 2.05) is 0 Å². The molecule has 1 aromatic rings. The number of nitrogens with zero attached hydrogens (tertiary/aromatic N) is 1. The number of hydrogen-bond acceptors (Lipinski definition) is 2. The zero-order chi connectivity index (χ0) is 10.0. The Morgan fingerprint density at radius 2 is 2.23 bits per heavy atom. The Morgan fingerprint density at radius 3 is 2.69 bits per heavy atom. The van der Waals surface area contributed by atoms with Crippen LogP contribution in [0.4, 0.5) is 0 Å². The molecule has 0 atom stereocenters. The van der Waals surface area contributed by atoms with Crippen LogP contribution >= 0.6 is 23.2 Å². The van der Waals surface area contributed by atoms with Crippen molar-refractivity contribution in [2.45, 2.75) is 0 Å². The highest BCUT2D eigenvalue weighted by Crippen LogP contribution is 2.23. The lowest BCUT2D eigenvalue weighted by Gasteiger charge is -2.02. The monoisotopic (exact) mass is 217 g/mol. The molecule has 0 amide bonds. The van der Waals surface area contributed by atoms with Crippen LogP contribution in [0.25, 0.3) is 6.08 Å². The van der Waals surface area contributed by atoms with Crippen molar-refractivity contribution in [1.82, 2.24) is 4.98 Å². The largest absolute Gasteiger partial charge is 0.476 e. The predicted octanol–water partition coefficient (Wildman–Crippen LogP) is 2.73. The van der Waals surface area contributed by atoms with Gasteiger partial charge < -0.3 is 5.11 Å². The molecule has 0 saturated carbocycles. The van der Waals surface area contributed by atoms with Crippen LogP contribution in [0.5, 0.6) is 0 Å². The molecule has 0 radical (unpaired) electrons. The summed E-state index contributed by atoms with van der Waals surface area (Å²) in [5.74, 6) is -1.18. The number of hydrogen-bond donors (Lipinski definition) is 1. The second kappa shape index (κ2) is 3.77. The quantitative estimate of drug-likeness (QED) is 0.776. The van der Waals surface area contributed by atoms with Crippen molar-refractivity contribution in [2.75, 3.05) is 0 Å². The summed E-state index contributed by atoms with van der Waals surface area (Å²) < 4.78 is 0. The summed E-state index contributed by atoms with van der Waals surface area (Å²) in [4.78, 5) is 14.3. The van der Waals surface area contributed by atoms with Gasteiger partial charge in [-0.1, -0.05) is 35.9 Å². The molecule has 0 bridgehead atoms. The molecule has 0 fully saturated rings. The molecular weight excluding hydrogens is 213 g/mol. The lowest BCUT2D eigenvalue weighted by Crippen LogP contribution is -2.03. The second-order valence-corrected chi connectivity index (χ2v) is 2.99. The van der Waals surface area contributed by atoms with Gasteiger partial charge in [-0.05, 0) is 6.07 Å². The first kappa shape index (κ1) is 10.0. The molecule has 0 aliphatic heterocycles. The van der Waals surface area contributed by atoms with Crippen LogP contribution in [0.15, 0.2) is 12.6 Å². The van der Waals surface area contributed by atoms with Crippen molar-refractivity contribution in [3.05, 3.63) is 34.1 Å². The van der Waals surface area contributed by atoms with Crippen LogP contribution in [0, 0.1) is 0 Å². The fourth-order valence-corrected chi connectivity index (χ4v) is 1.37. The van der Waals surface area contributed by atoms with Crippen molar-refractivity contribution in [2.24, 2.45) is 0 Å². The molecule has 5 heteroatoms. The van der Waals surface area contributed by atoms with E-state index < -0.39 is 5.97 Å². The SMILES string of the molecule is C=Cc1c(Cl)cc(Cl)nc1C(=O)O. The third-order valence-corrected chi connectivity index (χ3v) is 1.89. The number of carboxylic acid groups (broad SMARTS) is 1. The van der Waals surface area contributed by atoms with Gasteiger partial charge in [0.2, 0.25) is 0 Å². The number of rotatable bonds is 2. The van der Waals surface area contributed by atoms with Crippen LogP contribution in [-0.4, -0.2) is 16.1 Å². The third-order valence-electron chi connectivity index (χ3n) is 1.38. The first-order chi connectivity index (χ1) is 6.06. The van der Waals surface area contributed by atoms with Gasteiger partial charge in [0.1, 0.15) is 5.15 Å². The minimum Gasteiger partial charge on any atom is -0.476 e. The van der Waals surface area contributed by atoms with Crippen LogP contribution in [0.3, 0.4) is 0 Å². The van der Waals surface area contributed by atoms with Gasteiger partial charge in [0.15, 0.2) is 5.69 Å².